The van der Waals surface area contributed by atoms with E-state index in [1.54, 1.807) is 0 Å². The van der Waals surface area contributed by atoms with Crippen molar-refractivity contribution in [2.75, 3.05) is 10.7 Å². The molecule has 0 radical (unpaired) electrons. The SMILES string of the molecule is CCS(=O)(=O)c1c(N2Cc3ncc(C(F)(F)F)cc3C2=O)nc(-c2cncnc2)n1C. The maximum atomic E-state index is 13.0. The molecule has 31 heavy (non-hydrogen) atoms. The summed E-state index contributed by atoms with van der Waals surface area (Å²) in [4.78, 5) is 29.9. The maximum Gasteiger partial charge on any atom is 0.417 e. The minimum Gasteiger partial charge on any atom is -0.316 e. The van der Waals surface area contributed by atoms with E-state index in [0.717, 1.165) is 4.90 Å². The van der Waals surface area contributed by atoms with Gasteiger partial charge in [-0.15, -0.1) is 0 Å². The van der Waals surface area contributed by atoms with E-state index in [-0.39, 0.29) is 40.2 Å². The molecule has 3 aromatic rings. The van der Waals surface area contributed by atoms with E-state index in [4.69, 9.17) is 0 Å². The normalized spacial score (nSPS) is 14.2. The number of aromatic nitrogens is 5. The molecule has 0 bridgehead atoms. The molecule has 0 atom stereocenters. The van der Waals surface area contributed by atoms with Gasteiger partial charge in [-0.2, -0.15) is 13.2 Å². The number of fused-ring (bicyclic) bond motifs is 1. The number of hydrogen-bond donors (Lipinski definition) is 0. The zero-order valence-corrected chi connectivity index (χ0v) is 17.1. The van der Waals surface area contributed by atoms with Gasteiger partial charge in [-0.05, 0) is 6.07 Å². The van der Waals surface area contributed by atoms with Crippen molar-refractivity contribution in [3.8, 4) is 11.4 Å². The summed E-state index contributed by atoms with van der Waals surface area (Å²) in [6, 6.07) is 0.716. The highest BCUT2D eigenvalue weighted by molar-refractivity contribution is 7.91. The topological polar surface area (TPSA) is 111 Å². The summed E-state index contributed by atoms with van der Waals surface area (Å²) in [5.41, 5.74) is -0.797. The first-order chi connectivity index (χ1) is 14.5. The Morgan fingerprint density at radius 2 is 1.84 bits per heavy atom. The number of sulfone groups is 1. The second kappa shape index (κ2) is 7.11. The lowest BCUT2D eigenvalue weighted by Crippen LogP contribution is -2.26. The van der Waals surface area contributed by atoms with E-state index in [1.165, 1.54) is 37.3 Å². The Bertz CT molecular complexity index is 1290. The summed E-state index contributed by atoms with van der Waals surface area (Å²) in [5, 5.41) is -0.231. The molecule has 1 aliphatic rings. The Balaban J connectivity index is 1.87. The fourth-order valence-electron chi connectivity index (χ4n) is 3.30. The molecule has 3 aromatic heterocycles. The van der Waals surface area contributed by atoms with Gasteiger partial charge in [0, 0.05) is 25.6 Å². The van der Waals surface area contributed by atoms with Gasteiger partial charge in [-0.3, -0.25) is 14.7 Å². The van der Waals surface area contributed by atoms with Crippen LogP contribution in [-0.2, 0) is 29.6 Å². The van der Waals surface area contributed by atoms with Crippen LogP contribution in [0.2, 0.25) is 0 Å². The number of rotatable bonds is 4. The average molecular weight is 452 g/mol. The Morgan fingerprint density at radius 1 is 1.16 bits per heavy atom. The molecule has 1 aliphatic heterocycles. The minimum atomic E-state index is -4.67. The van der Waals surface area contributed by atoms with Crippen molar-refractivity contribution in [3.63, 3.8) is 0 Å². The van der Waals surface area contributed by atoms with Crippen LogP contribution in [-0.4, -0.2) is 44.6 Å². The summed E-state index contributed by atoms with van der Waals surface area (Å²) in [6.45, 7) is 1.23. The zero-order valence-electron chi connectivity index (χ0n) is 16.3. The number of pyridine rings is 1. The van der Waals surface area contributed by atoms with Gasteiger partial charge < -0.3 is 4.57 Å². The summed E-state index contributed by atoms with van der Waals surface area (Å²) in [7, 11) is -2.39. The molecule has 0 spiro atoms. The van der Waals surface area contributed by atoms with Gasteiger partial charge in [0.15, 0.2) is 20.7 Å². The van der Waals surface area contributed by atoms with E-state index < -0.39 is 27.5 Å². The third kappa shape index (κ3) is 3.44. The quantitative estimate of drug-likeness (QED) is 0.597. The van der Waals surface area contributed by atoms with E-state index >= 15 is 0 Å². The first-order valence-electron chi connectivity index (χ1n) is 8.97. The van der Waals surface area contributed by atoms with Crippen LogP contribution in [0.15, 0.2) is 36.0 Å². The zero-order chi connectivity index (χ0) is 22.6. The number of imidazole rings is 1. The maximum absolute atomic E-state index is 13.0. The molecule has 162 valence electrons. The van der Waals surface area contributed by atoms with Gasteiger partial charge in [0.1, 0.15) is 12.2 Å². The van der Waals surface area contributed by atoms with Crippen LogP contribution in [0, 0.1) is 0 Å². The van der Waals surface area contributed by atoms with Crippen LogP contribution in [0.4, 0.5) is 19.0 Å². The lowest BCUT2D eigenvalue weighted by Gasteiger charge is -2.15. The third-order valence-corrected chi connectivity index (χ3v) is 6.66. The molecule has 4 heterocycles. The first kappa shape index (κ1) is 20.9. The van der Waals surface area contributed by atoms with Crippen molar-refractivity contribution < 1.29 is 26.4 Å². The lowest BCUT2D eigenvalue weighted by atomic mass is 10.1. The van der Waals surface area contributed by atoms with Gasteiger partial charge >= 0.3 is 6.18 Å². The predicted molar refractivity (Wildman–Crippen MR) is 102 cm³/mol. The number of amides is 1. The van der Waals surface area contributed by atoms with Crippen molar-refractivity contribution in [2.45, 2.75) is 24.7 Å². The number of anilines is 1. The number of halogens is 3. The van der Waals surface area contributed by atoms with Gasteiger partial charge in [0.25, 0.3) is 5.91 Å². The van der Waals surface area contributed by atoms with Crippen LogP contribution in [0.25, 0.3) is 11.4 Å². The van der Waals surface area contributed by atoms with Gasteiger partial charge in [0.05, 0.1) is 34.7 Å². The standard InChI is InChI=1S/C18H15F3N6O3S/c1-3-31(29,30)17-15(25-14(26(17)2)10-5-22-9-23-6-10)27-8-13-12(16(27)28)4-11(7-24-13)18(19,20)21/h4-7,9H,3,8H2,1-2H3. The van der Waals surface area contributed by atoms with Crippen LogP contribution in [0.5, 0.6) is 0 Å². The fraction of sp³-hybridized carbons (Fsp3) is 0.278. The molecular weight excluding hydrogens is 437 g/mol. The molecule has 4 rings (SSSR count). The smallest absolute Gasteiger partial charge is 0.316 e. The highest BCUT2D eigenvalue weighted by Crippen LogP contribution is 2.37. The van der Waals surface area contributed by atoms with Crippen molar-refractivity contribution >= 4 is 21.6 Å². The minimum absolute atomic E-state index is 0.105. The monoisotopic (exact) mass is 452 g/mol. The number of carbonyl (C=O) groups excluding carboxylic acids is 1. The van der Waals surface area contributed by atoms with E-state index in [1.807, 2.05) is 0 Å². The van der Waals surface area contributed by atoms with Crippen molar-refractivity contribution in [1.82, 2.24) is 24.5 Å². The molecule has 0 aromatic carbocycles. The highest BCUT2D eigenvalue weighted by atomic mass is 32.2. The molecular formula is C18H15F3N6O3S. The summed E-state index contributed by atoms with van der Waals surface area (Å²) in [5.74, 6) is -1.07. The molecule has 9 nitrogen and oxygen atoms in total. The average Bonchev–Trinajstić information content (AvgIpc) is 3.25. The van der Waals surface area contributed by atoms with E-state index in [0.29, 0.717) is 17.8 Å². The fourth-order valence-corrected chi connectivity index (χ4v) is 4.51. The third-order valence-electron chi connectivity index (χ3n) is 4.86. The molecule has 0 aliphatic carbocycles. The summed E-state index contributed by atoms with van der Waals surface area (Å²) >= 11 is 0. The highest BCUT2D eigenvalue weighted by Gasteiger charge is 2.39. The second-order valence-corrected chi connectivity index (χ2v) is 8.95. The Labute approximate surface area is 174 Å². The van der Waals surface area contributed by atoms with Crippen LogP contribution < -0.4 is 4.90 Å². The molecule has 13 heteroatoms. The molecule has 0 N–H and O–H groups in total. The van der Waals surface area contributed by atoms with Crippen molar-refractivity contribution in [3.05, 3.63) is 47.8 Å². The Morgan fingerprint density at radius 3 is 2.45 bits per heavy atom. The number of hydrogen-bond acceptors (Lipinski definition) is 7. The van der Waals surface area contributed by atoms with E-state index in [9.17, 15) is 26.4 Å². The molecule has 0 unspecified atom stereocenters. The predicted octanol–water partition coefficient (Wildman–Crippen LogP) is 2.24. The number of carbonyl (C=O) groups is 1. The largest absolute Gasteiger partial charge is 0.417 e. The van der Waals surface area contributed by atoms with Crippen LogP contribution >= 0.6 is 0 Å². The Kier molecular flexibility index (Phi) is 4.80. The first-order valence-corrected chi connectivity index (χ1v) is 10.6. The van der Waals surface area contributed by atoms with Crippen LogP contribution in [0.1, 0.15) is 28.5 Å². The molecule has 0 saturated carbocycles. The van der Waals surface area contributed by atoms with E-state index in [2.05, 4.69) is 19.9 Å². The summed E-state index contributed by atoms with van der Waals surface area (Å²) < 4.78 is 66.1. The summed E-state index contributed by atoms with van der Waals surface area (Å²) in [6.07, 6.45) is 0.127. The van der Waals surface area contributed by atoms with Gasteiger partial charge in [0.2, 0.25) is 0 Å². The number of alkyl halides is 3. The Hall–Kier alpha value is -3.35. The lowest BCUT2D eigenvalue weighted by molar-refractivity contribution is -0.137. The molecule has 1 amide bonds. The second-order valence-electron chi connectivity index (χ2n) is 6.76. The van der Waals surface area contributed by atoms with Gasteiger partial charge in [-0.1, -0.05) is 6.92 Å². The van der Waals surface area contributed by atoms with Gasteiger partial charge in [-0.25, -0.2) is 23.4 Å². The molecule has 0 fully saturated rings. The van der Waals surface area contributed by atoms with Crippen molar-refractivity contribution in [1.29, 1.82) is 0 Å². The van der Waals surface area contributed by atoms with Crippen LogP contribution in [0.3, 0.4) is 0 Å². The number of nitrogens with zero attached hydrogens (tertiary/aromatic N) is 6. The molecule has 0 saturated heterocycles. The van der Waals surface area contributed by atoms with Crippen molar-refractivity contribution in [2.24, 2.45) is 7.05 Å².